The molecule has 11 heavy (non-hydrogen) atoms. The first kappa shape index (κ1) is 10.2. The summed E-state index contributed by atoms with van der Waals surface area (Å²) >= 11 is 0. The topological polar surface area (TPSA) is 34.1 Å². The highest BCUT2D eigenvalue weighted by molar-refractivity contribution is 7.72. The molecule has 0 unspecified atom stereocenters. The van der Waals surface area contributed by atoms with Gasteiger partial charge < -0.3 is 0 Å². The van der Waals surface area contributed by atoms with Crippen molar-refractivity contribution in [2.75, 3.05) is 5.75 Å². The second-order valence-electron chi connectivity index (χ2n) is 1.80. The lowest BCUT2D eigenvalue weighted by Crippen LogP contribution is -1.73. The SMILES string of the molecule is CC[SH](=O)=O.c1ccccc1. The molecule has 1 aromatic rings. The third-order valence-corrected chi connectivity index (χ3v) is 1.44. The summed E-state index contributed by atoms with van der Waals surface area (Å²) in [5, 5.41) is 0. The summed E-state index contributed by atoms with van der Waals surface area (Å²) in [7, 11) is -2.10. The van der Waals surface area contributed by atoms with Crippen LogP contribution in [0.3, 0.4) is 0 Å². The molecule has 62 valence electrons. The zero-order valence-corrected chi connectivity index (χ0v) is 7.33. The molecule has 0 amide bonds. The minimum Gasteiger partial charge on any atom is -0.232 e. The minimum absolute atomic E-state index is 0.259. The first-order valence-corrected chi connectivity index (χ1v) is 4.75. The lowest BCUT2D eigenvalue weighted by molar-refractivity contribution is 0.615. The molecule has 1 rings (SSSR count). The first-order chi connectivity index (χ1) is 5.27. The predicted octanol–water partition coefficient (Wildman–Crippen LogP) is 1.30. The lowest BCUT2D eigenvalue weighted by Gasteiger charge is -1.69. The Bertz CT molecular complexity index is 194. The molecular formula is C8H12O2S. The summed E-state index contributed by atoms with van der Waals surface area (Å²) in [6.07, 6.45) is 0. The van der Waals surface area contributed by atoms with Crippen molar-refractivity contribution in [3.05, 3.63) is 36.4 Å². The van der Waals surface area contributed by atoms with Gasteiger partial charge in [0.1, 0.15) is 10.7 Å². The Morgan fingerprint density at radius 2 is 1.09 bits per heavy atom. The molecule has 0 aliphatic rings. The van der Waals surface area contributed by atoms with Gasteiger partial charge in [0.15, 0.2) is 0 Å². The molecular weight excluding hydrogens is 160 g/mol. The van der Waals surface area contributed by atoms with E-state index in [4.69, 9.17) is 0 Å². The van der Waals surface area contributed by atoms with Gasteiger partial charge in [-0.25, -0.2) is 8.42 Å². The Morgan fingerprint density at radius 3 is 1.18 bits per heavy atom. The molecule has 0 N–H and O–H groups in total. The van der Waals surface area contributed by atoms with Gasteiger partial charge in [0.2, 0.25) is 0 Å². The normalized spacial score (nSPS) is 8.55. The van der Waals surface area contributed by atoms with Gasteiger partial charge in [0.05, 0.1) is 0 Å². The van der Waals surface area contributed by atoms with Crippen LogP contribution in [0.1, 0.15) is 6.92 Å². The van der Waals surface area contributed by atoms with Crippen molar-refractivity contribution in [3.63, 3.8) is 0 Å². The smallest absolute Gasteiger partial charge is 0.139 e. The van der Waals surface area contributed by atoms with Gasteiger partial charge in [-0.1, -0.05) is 43.3 Å². The molecule has 2 nitrogen and oxygen atoms in total. The summed E-state index contributed by atoms with van der Waals surface area (Å²) in [5.41, 5.74) is 0. The molecule has 0 aliphatic heterocycles. The van der Waals surface area contributed by atoms with Crippen LogP contribution < -0.4 is 0 Å². The largest absolute Gasteiger partial charge is 0.232 e. The molecule has 0 saturated carbocycles. The van der Waals surface area contributed by atoms with Gasteiger partial charge in [-0.05, 0) is 0 Å². The molecule has 0 atom stereocenters. The second kappa shape index (κ2) is 7.28. The van der Waals surface area contributed by atoms with Crippen LogP contribution in [0.2, 0.25) is 0 Å². The van der Waals surface area contributed by atoms with E-state index in [9.17, 15) is 8.42 Å². The van der Waals surface area contributed by atoms with E-state index in [0.29, 0.717) is 0 Å². The molecule has 0 fully saturated rings. The van der Waals surface area contributed by atoms with Crippen LogP contribution in [0.4, 0.5) is 0 Å². The Kier molecular flexibility index (Phi) is 6.73. The molecule has 3 heteroatoms. The van der Waals surface area contributed by atoms with Crippen molar-refractivity contribution < 1.29 is 8.42 Å². The van der Waals surface area contributed by atoms with Crippen LogP contribution in [0.5, 0.6) is 0 Å². The van der Waals surface area contributed by atoms with Crippen molar-refractivity contribution in [1.82, 2.24) is 0 Å². The highest BCUT2D eigenvalue weighted by Gasteiger charge is 1.65. The Balaban J connectivity index is 0.000000187. The maximum absolute atomic E-state index is 9.41. The monoisotopic (exact) mass is 172 g/mol. The predicted molar refractivity (Wildman–Crippen MR) is 47.3 cm³/mol. The van der Waals surface area contributed by atoms with Crippen LogP contribution in [0.25, 0.3) is 0 Å². The van der Waals surface area contributed by atoms with Gasteiger partial charge in [0.25, 0.3) is 0 Å². The number of hydrogen-bond donors (Lipinski definition) is 1. The molecule has 0 heterocycles. The van der Waals surface area contributed by atoms with Crippen molar-refractivity contribution >= 4 is 10.7 Å². The average molecular weight is 172 g/mol. The van der Waals surface area contributed by atoms with Crippen LogP contribution in [-0.2, 0) is 10.7 Å². The molecule has 0 bridgehead atoms. The van der Waals surface area contributed by atoms with Gasteiger partial charge in [-0.3, -0.25) is 0 Å². The van der Waals surface area contributed by atoms with E-state index in [2.05, 4.69) is 0 Å². The van der Waals surface area contributed by atoms with Crippen LogP contribution in [-0.4, -0.2) is 14.2 Å². The van der Waals surface area contributed by atoms with Gasteiger partial charge >= 0.3 is 0 Å². The maximum atomic E-state index is 9.41. The van der Waals surface area contributed by atoms with Crippen molar-refractivity contribution in [3.8, 4) is 0 Å². The van der Waals surface area contributed by atoms with E-state index in [0.717, 1.165) is 0 Å². The number of rotatable bonds is 1. The van der Waals surface area contributed by atoms with Gasteiger partial charge in [-0.2, -0.15) is 0 Å². The molecule has 0 radical (unpaired) electrons. The fourth-order valence-electron chi connectivity index (χ4n) is 0.385. The molecule has 0 aromatic heterocycles. The lowest BCUT2D eigenvalue weighted by atomic mass is 10.4. The van der Waals surface area contributed by atoms with E-state index in [1.165, 1.54) is 0 Å². The fraction of sp³-hybridized carbons (Fsp3) is 0.250. The summed E-state index contributed by atoms with van der Waals surface area (Å²) in [4.78, 5) is 0. The summed E-state index contributed by atoms with van der Waals surface area (Å²) in [5.74, 6) is 0.259. The quantitative estimate of drug-likeness (QED) is 0.648. The number of thiol groups is 1. The first-order valence-electron chi connectivity index (χ1n) is 3.39. The van der Waals surface area contributed by atoms with Gasteiger partial charge in [-0.15, -0.1) is 0 Å². The average Bonchev–Trinajstić information content (AvgIpc) is 2.09. The zero-order chi connectivity index (χ0) is 8.53. The van der Waals surface area contributed by atoms with Gasteiger partial charge in [0, 0.05) is 5.75 Å². The second-order valence-corrected chi connectivity index (χ2v) is 3.10. The van der Waals surface area contributed by atoms with Crippen LogP contribution >= 0.6 is 0 Å². The third kappa shape index (κ3) is 9.17. The standard InChI is InChI=1S/C6H6.C2H6O2S/c1-2-4-6-5-3-1;1-2-5(3)4/h1-6H;5H,2H2,1H3. The van der Waals surface area contributed by atoms with Crippen molar-refractivity contribution in [1.29, 1.82) is 0 Å². The van der Waals surface area contributed by atoms with E-state index in [1.807, 2.05) is 36.4 Å². The molecule has 0 aliphatic carbocycles. The minimum atomic E-state index is -2.10. The summed E-state index contributed by atoms with van der Waals surface area (Å²) in [6.45, 7) is 1.60. The van der Waals surface area contributed by atoms with Crippen molar-refractivity contribution in [2.45, 2.75) is 6.92 Å². The van der Waals surface area contributed by atoms with E-state index in [-0.39, 0.29) is 5.75 Å². The van der Waals surface area contributed by atoms with E-state index < -0.39 is 10.7 Å². The Morgan fingerprint density at radius 1 is 0.909 bits per heavy atom. The van der Waals surface area contributed by atoms with Crippen LogP contribution in [0.15, 0.2) is 36.4 Å². The molecule has 0 saturated heterocycles. The highest BCUT2D eigenvalue weighted by atomic mass is 32.2. The number of hydrogen-bond acceptors (Lipinski definition) is 2. The van der Waals surface area contributed by atoms with Crippen LogP contribution in [0, 0.1) is 0 Å². The Hall–Kier alpha value is -0.830. The Labute approximate surface area is 68.8 Å². The molecule has 0 spiro atoms. The maximum Gasteiger partial charge on any atom is 0.139 e. The number of benzene rings is 1. The molecule has 1 aromatic carbocycles. The summed E-state index contributed by atoms with van der Waals surface area (Å²) < 4.78 is 18.8. The van der Waals surface area contributed by atoms with Crippen molar-refractivity contribution in [2.24, 2.45) is 0 Å². The summed E-state index contributed by atoms with van der Waals surface area (Å²) in [6, 6.07) is 12.0. The van der Waals surface area contributed by atoms with E-state index in [1.54, 1.807) is 6.92 Å². The highest BCUT2D eigenvalue weighted by Crippen LogP contribution is 1.79. The van der Waals surface area contributed by atoms with E-state index >= 15 is 0 Å². The fourth-order valence-corrected chi connectivity index (χ4v) is 0.385. The third-order valence-electron chi connectivity index (χ3n) is 0.925. The zero-order valence-electron chi connectivity index (χ0n) is 6.43.